The summed E-state index contributed by atoms with van der Waals surface area (Å²) in [5.41, 5.74) is -1.000. The zero-order valence-electron chi connectivity index (χ0n) is 11.0. The Hall–Kier alpha value is -1.23. The number of esters is 1. The van der Waals surface area contributed by atoms with Crippen molar-refractivity contribution in [2.75, 3.05) is 13.7 Å². The summed E-state index contributed by atoms with van der Waals surface area (Å²) < 4.78 is 9.77. The van der Waals surface area contributed by atoms with E-state index in [-0.39, 0.29) is 24.6 Å². The van der Waals surface area contributed by atoms with Gasteiger partial charge in [0.15, 0.2) is 5.78 Å². The minimum atomic E-state index is -1.03. The van der Waals surface area contributed by atoms with E-state index in [2.05, 4.69) is 0 Å². The van der Waals surface area contributed by atoms with Gasteiger partial charge in [-0.1, -0.05) is 0 Å². The van der Waals surface area contributed by atoms with E-state index in [9.17, 15) is 14.4 Å². The lowest BCUT2D eigenvalue weighted by atomic mass is 9.91. The van der Waals surface area contributed by atoms with E-state index in [4.69, 9.17) is 9.47 Å². The minimum absolute atomic E-state index is 0.185. The van der Waals surface area contributed by atoms with E-state index in [0.717, 1.165) is 0 Å². The van der Waals surface area contributed by atoms with Gasteiger partial charge in [-0.3, -0.25) is 14.4 Å². The van der Waals surface area contributed by atoms with Crippen LogP contribution in [0.1, 0.15) is 34.1 Å². The van der Waals surface area contributed by atoms with Crippen molar-refractivity contribution in [3.05, 3.63) is 0 Å². The standard InChI is InChI=1S/C12H20O5/c1-6-17-11(15)9(8(2)13)7-10(14)12(3,4)16-5/h9H,6-7H2,1-5H3. The minimum Gasteiger partial charge on any atom is -0.465 e. The van der Waals surface area contributed by atoms with Crippen LogP contribution >= 0.6 is 0 Å². The average molecular weight is 244 g/mol. The van der Waals surface area contributed by atoms with Crippen LogP contribution in [0.5, 0.6) is 0 Å². The first-order valence-electron chi connectivity index (χ1n) is 5.51. The molecule has 0 fully saturated rings. The molecule has 1 atom stereocenters. The molecular weight excluding hydrogens is 224 g/mol. The third kappa shape index (κ3) is 4.65. The van der Waals surface area contributed by atoms with Crippen molar-refractivity contribution in [3.8, 4) is 0 Å². The Bertz CT molecular complexity index is 306. The van der Waals surface area contributed by atoms with Crippen molar-refractivity contribution in [2.24, 2.45) is 5.92 Å². The fraction of sp³-hybridized carbons (Fsp3) is 0.750. The molecular formula is C12H20O5. The topological polar surface area (TPSA) is 69.7 Å². The van der Waals surface area contributed by atoms with Gasteiger partial charge in [-0.25, -0.2) is 0 Å². The van der Waals surface area contributed by atoms with Crippen molar-refractivity contribution < 1.29 is 23.9 Å². The zero-order chi connectivity index (χ0) is 13.6. The summed E-state index contributed by atoms with van der Waals surface area (Å²) in [6.45, 7) is 6.30. The monoisotopic (exact) mass is 244 g/mol. The maximum absolute atomic E-state index is 11.8. The van der Waals surface area contributed by atoms with Crippen LogP contribution in [0.3, 0.4) is 0 Å². The van der Waals surface area contributed by atoms with Gasteiger partial charge in [0, 0.05) is 13.5 Å². The van der Waals surface area contributed by atoms with Crippen LogP contribution in [0.4, 0.5) is 0 Å². The molecule has 0 saturated carbocycles. The first kappa shape index (κ1) is 15.8. The molecule has 17 heavy (non-hydrogen) atoms. The molecule has 0 aliphatic rings. The highest BCUT2D eigenvalue weighted by atomic mass is 16.5. The van der Waals surface area contributed by atoms with Gasteiger partial charge in [0.05, 0.1) is 6.61 Å². The van der Waals surface area contributed by atoms with E-state index in [0.29, 0.717) is 0 Å². The predicted octanol–water partition coefficient (Wildman–Crippen LogP) is 1.14. The van der Waals surface area contributed by atoms with Gasteiger partial charge in [0.2, 0.25) is 0 Å². The van der Waals surface area contributed by atoms with Crippen LogP contribution in [0.15, 0.2) is 0 Å². The number of ketones is 2. The molecule has 1 unspecified atom stereocenters. The zero-order valence-corrected chi connectivity index (χ0v) is 11.0. The van der Waals surface area contributed by atoms with Crippen molar-refractivity contribution in [3.63, 3.8) is 0 Å². The number of carbonyl (C=O) groups excluding carboxylic acids is 3. The molecule has 0 amide bonds. The summed E-state index contributed by atoms with van der Waals surface area (Å²) in [6, 6.07) is 0. The number of carbonyl (C=O) groups is 3. The molecule has 5 heteroatoms. The second kappa shape index (κ2) is 6.49. The van der Waals surface area contributed by atoms with E-state index < -0.39 is 17.5 Å². The van der Waals surface area contributed by atoms with Gasteiger partial charge in [0.1, 0.15) is 17.3 Å². The van der Waals surface area contributed by atoms with Crippen LogP contribution in [0.2, 0.25) is 0 Å². The van der Waals surface area contributed by atoms with E-state index in [1.54, 1.807) is 20.8 Å². The summed E-state index contributed by atoms with van der Waals surface area (Å²) in [4.78, 5) is 34.7. The molecule has 0 N–H and O–H groups in total. The largest absolute Gasteiger partial charge is 0.465 e. The number of Topliss-reactive ketones (excluding diaryl/α,β-unsaturated/α-hetero) is 2. The SMILES string of the molecule is CCOC(=O)C(CC(=O)C(C)(C)OC)C(C)=O. The second-order valence-corrected chi connectivity index (χ2v) is 4.26. The Morgan fingerprint density at radius 2 is 1.76 bits per heavy atom. The lowest BCUT2D eigenvalue weighted by molar-refractivity contribution is -0.155. The molecule has 0 aromatic rings. The Morgan fingerprint density at radius 3 is 2.12 bits per heavy atom. The summed E-state index contributed by atoms with van der Waals surface area (Å²) in [6.07, 6.45) is -0.186. The third-order valence-corrected chi connectivity index (χ3v) is 2.63. The van der Waals surface area contributed by atoms with Crippen LogP contribution < -0.4 is 0 Å². The molecule has 0 rings (SSSR count). The average Bonchev–Trinajstić information content (AvgIpc) is 2.25. The summed E-state index contributed by atoms with van der Waals surface area (Å²) in [5.74, 6) is -2.35. The molecule has 0 radical (unpaired) electrons. The van der Waals surface area contributed by atoms with Gasteiger partial charge in [0.25, 0.3) is 0 Å². The van der Waals surface area contributed by atoms with E-state index in [1.165, 1.54) is 14.0 Å². The molecule has 0 bridgehead atoms. The summed E-state index contributed by atoms with van der Waals surface area (Å²) >= 11 is 0. The first-order chi connectivity index (χ1) is 7.76. The van der Waals surface area contributed by atoms with Gasteiger partial charge >= 0.3 is 5.97 Å². The van der Waals surface area contributed by atoms with Gasteiger partial charge < -0.3 is 9.47 Å². The lowest BCUT2D eigenvalue weighted by Crippen LogP contribution is -2.38. The maximum atomic E-state index is 11.8. The summed E-state index contributed by atoms with van der Waals surface area (Å²) in [7, 11) is 1.41. The molecule has 0 aliphatic heterocycles. The van der Waals surface area contributed by atoms with Crippen LogP contribution in [0.25, 0.3) is 0 Å². The quantitative estimate of drug-likeness (QED) is 0.496. The molecule has 0 heterocycles. The predicted molar refractivity (Wildman–Crippen MR) is 61.5 cm³/mol. The molecule has 0 spiro atoms. The van der Waals surface area contributed by atoms with E-state index >= 15 is 0 Å². The highest BCUT2D eigenvalue weighted by molar-refractivity contribution is 6.02. The van der Waals surface area contributed by atoms with Gasteiger partial charge in [-0.15, -0.1) is 0 Å². The van der Waals surface area contributed by atoms with Gasteiger partial charge in [-0.05, 0) is 27.7 Å². The number of methoxy groups -OCH3 is 1. The Balaban J connectivity index is 4.73. The highest BCUT2D eigenvalue weighted by Gasteiger charge is 2.34. The molecule has 0 aromatic carbocycles. The Labute approximate surface area is 101 Å². The number of rotatable bonds is 7. The normalized spacial score (nSPS) is 13.0. The summed E-state index contributed by atoms with van der Waals surface area (Å²) in [5, 5.41) is 0. The number of ether oxygens (including phenoxy) is 2. The van der Waals surface area contributed by atoms with Crippen LogP contribution in [0, 0.1) is 5.92 Å². The van der Waals surface area contributed by atoms with Crippen molar-refractivity contribution in [2.45, 2.75) is 39.7 Å². The highest BCUT2D eigenvalue weighted by Crippen LogP contribution is 2.17. The fourth-order valence-electron chi connectivity index (χ4n) is 1.18. The fourth-order valence-corrected chi connectivity index (χ4v) is 1.18. The smallest absolute Gasteiger partial charge is 0.316 e. The van der Waals surface area contributed by atoms with Crippen LogP contribution in [-0.2, 0) is 23.9 Å². The third-order valence-electron chi connectivity index (χ3n) is 2.63. The van der Waals surface area contributed by atoms with Gasteiger partial charge in [-0.2, -0.15) is 0 Å². The molecule has 0 saturated heterocycles. The van der Waals surface area contributed by atoms with Crippen molar-refractivity contribution >= 4 is 17.5 Å². The number of hydrogen-bond acceptors (Lipinski definition) is 5. The van der Waals surface area contributed by atoms with E-state index in [1.807, 2.05) is 0 Å². The lowest BCUT2D eigenvalue weighted by Gasteiger charge is -2.22. The molecule has 98 valence electrons. The molecule has 0 aromatic heterocycles. The van der Waals surface area contributed by atoms with Crippen LogP contribution in [-0.4, -0.2) is 36.9 Å². The first-order valence-corrected chi connectivity index (χ1v) is 5.51. The second-order valence-electron chi connectivity index (χ2n) is 4.26. The Morgan fingerprint density at radius 1 is 1.24 bits per heavy atom. The van der Waals surface area contributed by atoms with Crippen molar-refractivity contribution in [1.82, 2.24) is 0 Å². The maximum Gasteiger partial charge on any atom is 0.316 e. The number of hydrogen-bond donors (Lipinski definition) is 0. The Kier molecular flexibility index (Phi) is 6.02. The van der Waals surface area contributed by atoms with Crippen molar-refractivity contribution in [1.29, 1.82) is 0 Å². The molecule has 0 aliphatic carbocycles. The molecule has 5 nitrogen and oxygen atoms in total.